The van der Waals surface area contributed by atoms with Crippen LogP contribution in [0, 0.1) is 0 Å². The molecule has 0 bridgehead atoms. The number of alkyl halides is 3. The van der Waals surface area contributed by atoms with E-state index in [-0.39, 0.29) is 22.0 Å². The summed E-state index contributed by atoms with van der Waals surface area (Å²) >= 11 is 12.6. The molecule has 0 aliphatic carbocycles. The average Bonchev–Trinajstić information content (AvgIpc) is 3.29. The number of sulfonamides is 1. The molecule has 1 N–H and O–H groups in total. The van der Waals surface area contributed by atoms with Gasteiger partial charge in [0, 0.05) is 23.2 Å². The van der Waals surface area contributed by atoms with Crippen molar-refractivity contribution in [2.45, 2.75) is 25.6 Å². The highest BCUT2D eigenvalue weighted by Gasteiger charge is 2.32. The molecular formula is C29H25Cl2F3N4O4S. The number of aromatic nitrogens is 2. The van der Waals surface area contributed by atoms with Gasteiger partial charge in [-0.2, -0.15) is 18.3 Å². The third-order valence-corrected chi connectivity index (χ3v) is 7.81. The number of para-hydroxylation sites is 1. The SMILES string of the molecule is C[C@H](c1ccc(C(F)(F)F)cc1)N(C)C(=O)c1nn(-c2ccccc2Cl)c(-c2ccc(Cl)cc2)c1CC(=O)NS(C)(=O)=O. The van der Waals surface area contributed by atoms with Crippen molar-refractivity contribution in [1.82, 2.24) is 19.4 Å². The quantitative estimate of drug-likeness (QED) is 0.240. The van der Waals surface area contributed by atoms with Crippen LogP contribution < -0.4 is 4.72 Å². The van der Waals surface area contributed by atoms with E-state index in [1.807, 2.05) is 4.72 Å². The molecule has 0 unspecified atom stereocenters. The maximum atomic E-state index is 14.0. The van der Waals surface area contributed by atoms with E-state index in [0.717, 1.165) is 18.4 Å². The van der Waals surface area contributed by atoms with Crippen molar-refractivity contribution >= 4 is 45.0 Å². The van der Waals surface area contributed by atoms with Crippen molar-refractivity contribution in [3.05, 3.63) is 105 Å². The Bertz CT molecular complexity index is 1770. The van der Waals surface area contributed by atoms with Crippen LogP contribution in [0.1, 0.15) is 40.1 Å². The third-order valence-electron chi connectivity index (χ3n) is 6.64. The maximum absolute atomic E-state index is 14.0. The molecule has 1 atom stereocenters. The lowest BCUT2D eigenvalue weighted by molar-refractivity contribution is -0.137. The summed E-state index contributed by atoms with van der Waals surface area (Å²) in [7, 11) is -2.49. The first-order valence-corrected chi connectivity index (χ1v) is 15.3. The summed E-state index contributed by atoms with van der Waals surface area (Å²) in [6, 6.07) is 16.8. The molecule has 4 rings (SSSR count). The second kappa shape index (κ2) is 12.4. The second-order valence-corrected chi connectivity index (χ2v) is 12.3. The zero-order valence-corrected chi connectivity index (χ0v) is 25.3. The van der Waals surface area contributed by atoms with E-state index in [1.165, 1.54) is 28.8 Å². The van der Waals surface area contributed by atoms with E-state index in [9.17, 15) is 31.2 Å². The molecule has 1 heterocycles. The van der Waals surface area contributed by atoms with Gasteiger partial charge in [-0.25, -0.2) is 13.1 Å². The number of halogens is 5. The van der Waals surface area contributed by atoms with Gasteiger partial charge in [0.25, 0.3) is 5.91 Å². The average molecular weight is 654 g/mol. The van der Waals surface area contributed by atoms with Gasteiger partial charge in [-0.15, -0.1) is 0 Å². The normalized spacial score (nSPS) is 12.6. The Labute approximate surface area is 256 Å². The highest BCUT2D eigenvalue weighted by molar-refractivity contribution is 7.89. The van der Waals surface area contributed by atoms with Crippen molar-refractivity contribution < 1.29 is 31.2 Å². The number of hydrogen-bond donors (Lipinski definition) is 1. The van der Waals surface area contributed by atoms with Gasteiger partial charge in [-0.05, 0) is 48.9 Å². The zero-order valence-electron chi connectivity index (χ0n) is 23.0. The van der Waals surface area contributed by atoms with Crippen LogP contribution in [0.5, 0.6) is 0 Å². The summed E-state index contributed by atoms with van der Waals surface area (Å²) in [6.07, 6.45) is -4.25. The molecule has 3 aromatic carbocycles. The highest BCUT2D eigenvalue weighted by atomic mass is 35.5. The minimum atomic E-state index is -4.52. The Morgan fingerprint density at radius 2 is 1.60 bits per heavy atom. The van der Waals surface area contributed by atoms with Crippen LogP contribution in [0.15, 0.2) is 72.8 Å². The monoisotopic (exact) mass is 652 g/mol. The molecule has 8 nitrogen and oxygen atoms in total. The molecule has 0 aliphatic heterocycles. The van der Waals surface area contributed by atoms with Gasteiger partial charge in [0.1, 0.15) is 0 Å². The maximum Gasteiger partial charge on any atom is 0.416 e. The van der Waals surface area contributed by atoms with E-state index in [2.05, 4.69) is 5.10 Å². The lowest BCUT2D eigenvalue weighted by Gasteiger charge is -2.25. The van der Waals surface area contributed by atoms with Gasteiger partial charge < -0.3 is 4.90 Å². The van der Waals surface area contributed by atoms with Crippen LogP contribution >= 0.6 is 23.2 Å². The minimum absolute atomic E-state index is 0.0971. The van der Waals surface area contributed by atoms with E-state index in [4.69, 9.17) is 23.2 Å². The Hall–Kier alpha value is -3.87. The molecule has 0 saturated carbocycles. The van der Waals surface area contributed by atoms with Crippen LogP contribution in [0.2, 0.25) is 10.0 Å². The molecule has 2 amide bonds. The van der Waals surface area contributed by atoms with Crippen molar-refractivity contribution in [1.29, 1.82) is 0 Å². The molecule has 226 valence electrons. The standard InChI is InChI=1S/C29H25Cl2F3N4O4S/c1-17(18-8-12-20(13-9-18)29(32,33)34)37(2)28(40)26-22(16-25(39)36-43(3,41)42)27(19-10-14-21(30)15-11-19)38(35-26)24-7-5-4-6-23(24)31/h4-15,17H,16H2,1-3H3,(H,36,39)/t17-/m1/s1. The third kappa shape index (κ3) is 7.38. The number of amides is 2. The largest absolute Gasteiger partial charge is 0.416 e. The Kier molecular flexibility index (Phi) is 9.24. The molecule has 0 fully saturated rings. The van der Waals surface area contributed by atoms with Crippen molar-refractivity contribution in [2.75, 3.05) is 13.3 Å². The highest BCUT2D eigenvalue weighted by Crippen LogP contribution is 2.35. The fraction of sp³-hybridized carbons (Fsp3) is 0.207. The number of benzene rings is 3. The van der Waals surface area contributed by atoms with Crippen molar-refractivity contribution in [3.63, 3.8) is 0 Å². The van der Waals surface area contributed by atoms with Gasteiger partial charge >= 0.3 is 6.18 Å². The molecule has 0 spiro atoms. The number of nitrogens with zero attached hydrogens (tertiary/aromatic N) is 3. The molecule has 0 saturated heterocycles. The Morgan fingerprint density at radius 1 is 1.00 bits per heavy atom. The van der Waals surface area contributed by atoms with Gasteiger partial charge in [0.15, 0.2) is 5.69 Å². The van der Waals surface area contributed by atoms with Crippen LogP contribution in [0.4, 0.5) is 13.2 Å². The molecule has 4 aromatic rings. The number of nitrogens with one attached hydrogen (secondary N) is 1. The number of rotatable bonds is 8. The van der Waals surface area contributed by atoms with E-state index in [1.54, 1.807) is 55.5 Å². The minimum Gasteiger partial charge on any atom is -0.334 e. The van der Waals surface area contributed by atoms with E-state index >= 15 is 0 Å². The predicted octanol–water partition coefficient (Wildman–Crippen LogP) is 6.32. The summed E-state index contributed by atoms with van der Waals surface area (Å²) < 4.78 is 66.2. The van der Waals surface area contributed by atoms with Crippen LogP contribution in [-0.4, -0.2) is 48.2 Å². The van der Waals surface area contributed by atoms with E-state index < -0.39 is 46.0 Å². The summed E-state index contributed by atoms with van der Waals surface area (Å²) in [5.74, 6) is -1.58. The van der Waals surface area contributed by atoms with Crippen molar-refractivity contribution in [3.8, 4) is 16.9 Å². The van der Waals surface area contributed by atoms with Crippen LogP contribution in [0.3, 0.4) is 0 Å². The van der Waals surface area contributed by atoms with Gasteiger partial charge in [-0.1, -0.05) is 59.6 Å². The number of hydrogen-bond acceptors (Lipinski definition) is 5. The fourth-order valence-corrected chi connectivity index (χ4v) is 5.24. The first-order chi connectivity index (χ1) is 20.1. The van der Waals surface area contributed by atoms with Gasteiger partial charge in [0.05, 0.1) is 40.7 Å². The lowest BCUT2D eigenvalue weighted by atomic mass is 10.0. The Balaban J connectivity index is 1.88. The molecule has 0 aliphatic rings. The second-order valence-electron chi connectivity index (χ2n) is 9.73. The number of carbonyl (C=O) groups excluding carboxylic acids is 2. The molecule has 1 aromatic heterocycles. The molecule has 43 heavy (non-hydrogen) atoms. The van der Waals surface area contributed by atoms with Crippen LogP contribution in [-0.2, 0) is 27.4 Å². The molecule has 14 heteroatoms. The summed E-state index contributed by atoms with van der Waals surface area (Å²) in [5.41, 5.74) is 0.654. The fourth-order valence-electron chi connectivity index (χ4n) is 4.41. The molecule has 0 radical (unpaired) electrons. The van der Waals surface area contributed by atoms with Crippen LogP contribution in [0.25, 0.3) is 16.9 Å². The lowest BCUT2D eigenvalue weighted by Crippen LogP contribution is -2.33. The molecular weight excluding hydrogens is 628 g/mol. The summed E-state index contributed by atoms with van der Waals surface area (Å²) in [4.78, 5) is 28.2. The van der Waals surface area contributed by atoms with Crippen molar-refractivity contribution in [2.24, 2.45) is 0 Å². The first kappa shape index (κ1) is 32.1. The summed E-state index contributed by atoms with van der Waals surface area (Å²) in [6.45, 7) is 1.63. The topological polar surface area (TPSA) is 101 Å². The Morgan fingerprint density at radius 3 is 2.16 bits per heavy atom. The van der Waals surface area contributed by atoms with Gasteiger partial charge in [-0.3, -0.25) is 14.3 Å². The van der Waals surface area contributed by atoms with E-state index in [0.29, 0.717) is 21.8 Å². The first-order valence-electron chi connectivity index (χ1n) is 12.6. The smallest absolute Gasteiger partial charge is 0.334 e. The zero-order chi connectivity index (χ0) is 31.7. The summed E-state index contributed by atoms with van der Waals surface area (Å²) in [5, 5.41) is 5.26. The number of carbonyl (C=O) groups is 2. The predicted molar refractivity (Wildman–Crippen MR) is 158 cm³/mol. The van der Waals surface area contributed by atoms with Gasteiger partial charge in [0.2, 0.25) is 15.9 Å².